The van der Waals surface area contributed by atoms with Gasteiger partial charge in [-0.2, -0.15) is 5.10 Å². The van der Waals surface area contributed by atoms with Crippen molar-refractivity contribution in [1.82, 2.24) is 9.78 Å². The first-order valence-electron chi connectivity index (χ1n) is 5.37. The summed E-state index contributed by atoms with van der Waals surface area (Å²) in [5.74, 6) is -0.841. The van der Waals surface area contributed by atoms with E-state index < -0.39 is 5.97 Å². The number of aliphatic carboxylic acids is 1. The maximum Gasteiger partial charge on any atom is 0.307 e. The largest absolute Gasteiger partial charge is 0.481 e. The second-order valence-corrected chi connectivity index (χ2v) is 4.11. The molecule has 17 heavy (non-hydrogen) atoms. The lowest BCUT2D eigenvalue weighted by molar-refractivity contribution is -0.136. The van der Waals surface area contributed by atoms with Crippen molar-refractivity contribution in [2.45, 2.75) is 13.3 Å². The van der Waals surface area contributed by atoms with E-state index >= 15 is 0 Å². The highest BCUT2D eigenvalue weighted by Crippen LogP contribution is 2.22. The van der Waals surface area contributed by atoms with Crippen LogP contribution >= 0.6 is 0 Å². The Morgan fingerprint density at radius 2 is 2.00 bits per heavy atom. The van der Waals surface area contributed by atoms with E-state index in [9.17, 15) is 4.79 Å². The van der Waals surface area contributed by atoms with Gasteiger partial charge in [-0.05, 0) is 6.92 Å². The summed E-state index contributed by atoms with van der Waals surface area (Å²) in [7, 11) is 1.79. The van der Waals surface area contributed by atoms with E-state index in [-0.39, 0.29) is 6.42 Å². The Kier molecular flexibility index (Phi) is 2.95. The minimum absolute atomic E-state index is 0.00293. The van der Waals surface area contributed by atoms with Crippen molar-refractivity contribution in [2.24, 2.45) is 7.05 Å². The summed E-state index contributed by atoms with van der Waals surface area (Å²) >= 11 is 0. The number of rotatable bonds is 3. The highest BCUT2D eigenvalue weighted by atomic mass is 16.4. The third-order valence-corrected chi connectivity index (χ3v) is 2.57. The molecule has 0 aliphatic heterocycles. The zero-order valence-electron chi connectivity index (χ0n) is 9.84. The molecule has 1 aromatic carbocycles. The predicted octanol–water partition coefficient (Wildman–Crippen LogP) is 2.02. The van der Waals surface area contributed by atoms with Crippen LogP contribution in [0.5, 0.6) is 0 Å². The molecule has 0 saturated carbocycles. The van der Waals surface area contributed by atoms with Gasteiger partial charge < -0.3 is 5.11 Å². The molecule has 0 aliphatic carbocycles. The molecule has 0 aliphatic rings. The molecule has 88 valence electrons. The monoisotopic (exact) mass is 230 g/mol. The number of carboxylic acid groups (broad SMARTS) is 1. The standard InChI is InChI=1S/C13H14N2O2/c1-9-3-5-10(6-4-9)13-11(7-12(16)17)8-15(2)14-13/h3-6,8H,7H2,1-2H3,(H,16,17). The molecule has 0 amide bonds. The Bertz CT molecular complexity index is 541. The van der Waals surface area contributed by atoms with Gasteiger partial charge in [-0.25, -0.2) is 0 Å². The smallest absolute Gasteiger partial charge is 0.307 e. The maximum atomic E-state index is 10.8. The van der Waals surface area contributed by atoms with Crippen molar-refractivity contribution >= 4 is 5.97 Å². The molecule has 0 atom stereocenters. The average Bonchev–Trinajstić information content (AvgIpc) is 2.59. The summed E-state index contributed by atoms with van der Waals surface area (Å²) < 4.78 is 1.65. The quantitative estimate of drug-likeness (QED) is 0.877. The van der Waals surface area contributed by atoms with Crippen LogP contribution in [0.25, 0.3) is 11.3 Å². The molecule has 0 fully saturated rings. The molecule has 2 rings (SSSR count). The van der Waals surface area contributed by atoms with E-state index in [4.69, 9.17) is 5.11 Å². The number of benzene rings is 1. The third kappa shape index (κ3) is 2.53. The SMILES string of the molecule is Cc1ccc(-c2nn(C)cc2CC(=O)O)cc1. The fourth-order valence-electron chi connectivity index (χ4n) is 1.78. The molecule has 4 heteroatoms. The molecule has 4 nitrogen and oxygen atoms in total. The highest BCUT2D eigenvalue weighted by molar-refractivity contribution is 5.74. The first-order chi connectivity index (χ1) is 8.06. The normalized spacial score (nSPS) is 10.5. The summed E-state index contributed by atoms with van der Waals surface area (Å²) in [6, 6.07) is 7.91. The summed E-state index contributed by atoms with van der Waals surface area (Å²) in [6.07, 6.45) is 1.75. The van der Waals surface area contributed by atoms with Gasteiger partial charge in [0.25, 0.3) is 0 Å². The Labute approximate surface area is 99.5 Å². The van der Waals surface area contributed by atoms with Crippen LogP contribution in [-0.4, -0.2) is 20.9 Å². The summed E-state index contributed by atoms with van der Waals surface area (Å²) in [6.45, 7) is 2.01. The lowest BCUT2D eigenvalue weighted by Crippen LogP contribution is -2.00. The summed E-state index contributed by atoms with van der Waals surface area (Å²) in [4.78, 5) is 10.8. The maximum absolute atomic E-state index is 10.8. The topological polar surface area (TPSA) is 55.1 Å². The van der Waals surface area contributed by atoms with Gasteiger partial charge in [0.05, 0.1) is 12.1 Å². The van der Waals surface area contributed by atoms with Crippen molar-refractivity contribution < 1.29 is 9.90 Å². The van der Waals surface area contributed by atoms with Crippen LogP contribution in [0.2, 0.25) is 0 Å². The van der Waals surface area contributed by atoms with Crippen LogP contribution in [-0.2, 0) is 18.3 Å². The molecular weight excluding hydrogens is 216 g/mol. The van der Waals surface area contributed by atoms with Gasteiger partial charge in [0.2, 0.25) is 0 Å². The van der Waals surface area contributed by atoms with Crippen LogP contribution in [0.4, 0.5) is 0 Å². The zero-order chi connectivity index (χ0) is 12.4. The Balaban J connectivity index is 2.43. The van der Waals surface area contributed by atoms with E-state index in [1.165, 1.54) is 5.56 Å². The first-order valence-corrected chi connectivity index (χ1v) is 5.37. The molecule has 0 saturated heterocycles. The van der Waals surface area contributed by atoms with Gasteiger partial charge >= 0.3 is 5.97 Å². The van der Waals surface area contributed by atoms with E-state index in [0.717, 1.165) is 16.8 Å². The number of nitrogens with zero attached hydrogens (tertiary/aromatic N) is 2. The van der Waals surface area contributed by atoms with Crippen molar-refractivity contribution in [1.29, 1.82) is 0 Å². The lowest BCUT2D eigenvalue weighted by Gasteiger charge is -2.00. The first kappa shape index (κ1) is 11.4. The van der Waals surface area contributed by atoms with Gasteiger partial charge in [-0.3, -0.25) is 9.48 Å². The number of aryl methyl sites for hydroxylation is 2. The molecule has 0 bridgehead atoms. The minimum atomic E-state index is -0.841. The van der Waals surface area contributed by atoms with E-state index in [1.54, 1.807) is 17.9 Å². The van der Waals surface area contributed by atoms with Gasteiger partial charge in [-0.15, -0.1) is 0 Å². The van der Waals surface area contributed by atoms with Gasteiger partial charge in [0.15, 0.2) is 0 Å². The molecule has 1 aromatic heterocycles. The van der Waals surface area contributed by atoms with Crippen LogP contribution in [0.3, 0.4) is 0 Å². The van der Waals surface area contributed by atoms with Crippen molar-refractivity contribution in [2.75, 3.05) is 0 Å². The van der Waals surface area contributed by atoms with Crippen molar-refractivity contribution in [3.63, 3.8) is 0 Å². The van der Waals surface area contributed by atoms with E-state index in [0.29, 0.717) is 0 Å². The third-order valence-electron chi connectivity index (χ3n) is 2.57. The van der Waals surface area contributed by atoms with Crippen LogP contribution in [0.1, 0.15) is 11.1 Å². The van der Waals surface area contributed by atoms with Gasteiger partial charge in [0, 0.05) is 24.4 Å². The second-order valence-electron chi connectivity index (χ2n) is 4.11. The van der Waals surface area contributed by atoms with Gasteiger partial charge in [-0.1, -0.05) is 29.8 Å². The summed E-state index contributed by atoms with van der Waals surface area (Å²) in [5, 5.41) is 13.2. The van der Waals surface area contributed by atoms with Crippen LogP contribution in [0.15, 0.2) is 30.5 Å². The van der Waals surface area contributed by atoms with Crippen molar-refractivity contribution in [3.8, 4) is 11.3 Å². The van der Waals surface area contributed by atoms with Gasteiger partial charge in [0.1, 0.15) is 0 Å². The molecule has 1 heterocycles. The number of hydrogen-bond donors (Lipinski definition) is 1. The fourth-order valence-corrected chi connectivity index (χ4v) is 1.78. The highest BCUT2D eigenvalue weighted by Gasteiger charge is 2.12. The van der Waals surface area contributed by atoms with Crippen molar-refractivity contribution in [3.05, 3.63) is 41.6 Å². The van der Waals surface area contributed by atoms with Crippen LogP contribution < -0.4 is 0 Å². The molecule has 0 spiro atoms. The Morgan fingerprint density at radius 3 is 2.59 bits per heavy atom. The van der Waals surface area contributed by atoms with E-state index in [1.807, 2.05) is 31.2 Å². The molecule has 0 unspecified atom stereocenters. The molecular formula is C13H14N2O2. The zero-order valence-corrected chi connectivity index (χ0v) is 9.84. The van der Waals surface area contributed by atoms with E-state index in [2.05, 4.69) is 5.10 Å². The minimum Gasteiger partial charge on any atom is -0.481 e. The second kappa shape index (κ2) is 4.41. The number of aromatic nitrogens is 2. The average molecular weight is 230 g/mol. The number of hydrogen-bond acceptors (Lipinski definition) is 2. The summed E-state index contributed by atoms with van der Waals surface area (Å²) in [5.41, 5.74) is 3.61. The number of carbonyl (C=O) groups is 1. The molecule has 1 N–H and O–H groups in total. The Hall–Kier alpha value is -2.10. The molecule has 2 aromatic rings. The fraction of sp³-hybridized carbons (Fsp3) is 0.231. The van der Waals surface area contributed by atoms with Crippen LogP contribution in [0, 0.1) is 6.92 Å². The Morgan fingerprint density at radius 1 is 1.35 bits per heavy atom. The predicted molar refractivity (Wildman–Crippen MR) is 64.7 cm³/mol. The molecule has 0 radical (unpaired) electrons. The lowest BCUT2D eigenvalue weighted by atomic mass is 10.0. The number of carboxylic acids is 1.